The molecule has 21 heavy (non-hydrogen) atoms. The molecule has 0 fully saturated rings. The maximum atomic E-state index is 4.01. The van der Waals surface area contributed by atoms with Crippen LogP contribution in [0.15, 0.2) is 37.1 Å². The third kappa shape index (κ3) is 10.7. The van der Waals surface area contributed by atoms with Crippen LogP contribution in [0, 0.1) is 5.92 Å². The highest BCUT2D eigenvalue weighted by Gasteiger charge is 2.06. The molecule has 0 radical (unpaired) electrons. The summed E-state index contributed by atoms with van der Waals surface area (Å²) >= 11 is 0. The fourth-order valence-electron chi connectivity index (χ4n) is 2.71. The monoisotopic (exact) mass is 353 g/mol. The number of halogens is 1. The van der Waals surface area contributed by atoms with Crippen molar-refractivity contribution in [1.82, 2.24) is 0 Å². The molecule has 1 rings (SSSR count). The zero-order chi connectivity index (χ0) is 14.5. The zero-order valence-electron chi connectivity index (χ0n) is 13.6. The van der Waals surface area contributed by atoms with Crippen molar-refractivity contribution in [2.45, 2.75) is 71.1 Å². The minimum absolute atomic E-state index is 0. The van der Waals surface area contributed by atoms with E-state index in [0.717, 1.165) is 6.42 Å². The van der Waals surface area contributed by atoms with Crippen LogP contribution in [0.5, 0.6) is 0 Å². The lowest BCUT2D eigenvalue weighted by Gasteiger charge is -2.11. The molecule has 1 heterocycles. The van der Waals surface area contributed by atoms with E-state index in [1.54, 1.807) is 0 Å². The zero-order valence-corrected chi connectivity index (χ0v) is 15.2. The first-order valence-corrected chi connectivity index (χ1v) is 8.45. The van der Waals surface area contributed by atoms with Gasteiger partial charge in [0.05, 0.1) is 0 Å². The van der Waals surface area contributed by atoms with Gasteiger partial charge < -0.3 is 17.0 Å². The van der Waals surface area contributed by atoms with Gasteiger partial charge in [0.2, 0.25) is 0 Å². The summed E-state index contributed by atoms with van der Waals surface area (Å²) < 4.78 is 0. The van der Waals surface area contributed by atoms with E-state index < -0.39 is 0 Å². The van der Waals surface area contributed by atoms with Gasteiger partial charge in [0.25, 0.3) is 0 Å². The molecule has 0 aliphatic rings. The summed E-state index contributed by atoms with van der Waals surface area (Å²) in [5.74, 6) is 0.713. The predicted octanol–water partition coefficient (Wildman–Crippen LogP) is 2.38. The molecule has 0 bridgehead atoms. The van der Waals surface area contributed by atoms with Gasteiger partial charge in [0.15, 0.2) is 11.9 Å². The second kappa shape index (κ2) is 14.3. The molecule has 0 saturated carbocycles. The Balaban J connectivity index is 0.00000400. The maximum absolute atomic E-state index is 4.01. The molecule has 0 aliphatic carbocycles. The van der Waals surface area contributed by atoms with Crippen molar-refractivity contribution < 1.29 is 22.0 Å². The van der Waals surface area contributed by atoms with Gasteiger partial charge in [-0.05, 0) is 25.2 Å². The van der Waals surface area contributed by atoms with Crippen LogP contribution in [0.2, 0.25) is 0 Å². The van der Waals surface area contributed by atoms with Crippen molar-refractivity contribution in [1.29, 1.82) is 0 Å². The fraction of sp³-hybridized carbons (Fsp3) is 0.632. The van der Waals surface area contributed by atoms with E-state index in [9.17, 15) is 0 Å². The Labute approximate surface area is 142 Å². The summed E-state index contributed by atoms with van der Waals surface area (Å²) in [5, 5.41) is 0. The third-order valence-corrected chi connectivity index (χ3v) is 4.06. The van der Waals surface area contributed by atoms with E-state index in [0.29, 0.717) is 5.92 Å². The molecule has 1 unspecified atom stereocenters. The number of hydrogen-bond acceptors (Lipinski definition) is 0. The second-order valence-electron chi connectivity index (χ2n) is 5.83. The highest BCUT2D eigenvalue weighted by molar-refractivity contribution is 4.96. The molecule has 0 aromatic carbocycles. The molecule has 2 heteroatoms. The number of aromatic nitrogens is 1. The number of pyridine rings is 1. The van der Waals surface area contributed by atoms with Crippen molar-refractivity contribution in [3.8, 4) is 0 Å². The summed E-state index contributed by atoms with van der Waals surface area (Å²) in [6, 6.07) is 6.32. The van der Waals surface area contributed by atoms with Crippen LogP contribution in [0.3, 0.4) is 0 Å². The molecule has 1 aromatic heterocycles. The van der Waals surface area contributed by atoms with Gasteiger partial charge in [-0.1, -0.05) is 57.6 Å². The maximum Gasteiger partial charge on any atom is 0.179 e. The molecular formula is C19H32BrN. The SMILES string of the molecule is C=CC(CCCCCCCC)CCCc1cccc[nH+]1.[Br-]. The number of allylic oxidation sites excluding steroid dienone is 1. The molecule has 1 atom stereocenters. The molecule has 0 spiro atoms. The van der Waals surface area contributed by atoms with Gasteiger partial charge in [-0.15, -0.1) is 6.58 Å². The lowest BCUT2D eigenvalue weighted by atomic mass is 9.94. The lowest BCUT2D eigenvalue weighted by Crippen LogP contribution is -3.00. The summed E-state index contributed by atoms with van der Waals surface area (Å²) in [5.41, 5.74) is 1.34. The van der Waals surface area contributed by atoms with Crippen molar-refractivity contribution >= 4 is 0 Å². The minimum atomic E-state index is 0. The van der Waals surface area contributed by atoms with Crippen LogP contribution in [-0.2, 0) is 6.42 Å². The summed E-state index contributed by atoms with van der Waals surface area (Å²) in [6.45, 7) is 6.28. The summed E-state index contributed by atoms with van der Waals surface area (Å²) in [4.78, 5) is 3.31. The fourth-order valence-corrected chi connectivity index (χ4v) is 2.71. The van der Waals surface area contributed by atoms with Crippen molar-refractivity contribution in [2.75, 3.05) is 0 Å². The van der Waals surface area contributed by atoms with Gasteiger partial charge in [-0.3, -0.25) is 0 Å². The average molecular weight is 354 g/mol. The number of hydrogen-bond donors (Lipinski definition) is 0. The Morgan fingerprint density at radius 3 is 2.43 bits per heavy atom. The number of rotatable bonds is 12. The Bertz CT molecular complexity index is 337. The molecular weight excluding hydrogens is 322 g/mol. The minimum Gasteiger partial charge on any atom is -1.00 e. The highest BCUT2D eigenvalue weighted by atomic mass is 79.9. The van der Waals surface area contributed by atoms with Gasteiger partial charge in [0, 0.05) is 18.6 Å². The molecule has 1 nitrogen and oxygen atoms in total. The lowest BCUT2D eigenvalue weighted by molar-refractivity contribution is -0.390. The largest absolute Gasteiger partial charge is 1.00 e. The third-order valence-electron chi connectivity index (χ3n) is 4.06. The number of nitrogens with one attached hydrogen (secondary N) is 1. The van der Waals surface area contributed by atoms with Gasteiger partial charge in [-0.2, -0.15) is 0 Å². The Hall–Kier alpha value is -0.630. The average Bonchev–Trinajstić information content (AvgIpc) is 2.50. The number of unbranched alkanes of at least 4 members (excludes halogenated alkanes) is 5. The van der Waals surface area contributed by atoms with E-state index >= 15 is 0 Å². The van der Waals surface area contributed by atoms with Gasteiger partial charge >= 0.3 is 0 Å². The van der Waals surface area contributed by atoms with Crippen LogP contribution < -0.4 is 22.0 Å². The first-order valence-electron chi connectivity index (χ1n) is 8.45. The van der Waals surface area contributed by atoms with Crippen LogP contribution in [0.4, 0.5) is 0 Å². The first kappa shape index (κ1) is 20.4. The predicted molar refractivity (Wildman–Crippen MR) is 87.6 cm³/mol. The smallest absolute Gasteiger partial charge is 0.179 e. The molecule has 0 amide bonds. The molecule has 0 aliphatic heterocycles. The van der Waals surface area contributed by atoms with Crippen LogP contribution in [0.1, 0.15) is 70.4 Å². The van der Waals surface area contributed by atoms with Crippen molar-refractivity contribution in [2.24, 2.45) is 5.92 Å². The van der Waals surface area contributed by atoms with Crippen LogP contribution in [-0.4, -0.2) is 0 Å². The molecule has 1 N–H and O–H groups in total. The highest BCUT2D eigenvalue weighted by Crippen LogP contribution is 2.18. The second-order valence-corrected chi connectivity index (χ2v) is 5.83. The number of aromatic amines is 1. The first-order chi connectivity index (χ1) is 9.86. The van der Waals surface area contributed by atoms with E-state index in [2.05, 4.69) is 36.7 Å². The molecule has 120 valence electrons. The summed E-state index contributed by atoms with van der Waals surface area (Å²) in [6.07, 6.45) is 17.5. The Morgan fingerprint density at radius 2 is 1.76 bits per heavy atom. The van der Waals surface area contributed by atoms with Gasteiger partial charge in [-0.25, -0.2) is 4.98 Å². The Kier molecular flexibility index (Phi) is 13.9. The molecule has 0 saturated heterocycles. The topological polar surface area (TPSA) is 14.1 Å². The quantitative estimate of drug-likeness (QED) is 0.404. The molecule has 1 aromatic rings. The Morgan fingerprint density at radius 1 is 1.05 bits per heavy atom. The number of aryl methyl sites for hydroxylation is 1. The number of H-pyrrole nitrogens is 1. The van der Waals surface area contributed by atoms with E-state index in [4.69, 9.17) is 0 Å². The van der Waals surface area contributed by atoms with E-state index in [-0.39, 0.29) is 17.0 Å². The normalized spacial score (nSPS) is 11.7. The summed E-state index contributed by atoms with van der Waals surface area (Å²) in [7, 11) is 0. The standard InChI is InChI=1S/C19H31N.BrH/c1-3-5-6-7-8-9-13-18(4-2)14-12-16-19-15-10-11-17-20-19;/h4,10-11,15,17-18H,2-3,5-9,12-14,16H2,1H3;1H. The van der Waals surface area contributed by atoms with E-state index in [1.165, 1.54) is 63.5 Å². The van der Waals surface area contributed by atoms with Gasteiger partial charge in [0.1, 0.15) is 0 Å². The van der Waals surface area contributed by atoms with Crippen LogP contribution in [0.25, 0.3) is 0 Å². The van der Waals surface area contributed by atoms with Crippen molar-refractivity contribution in [3.63, 3.8) is 0 Å². The van der Waals surface area contributed by atoms with Crippen molar-refractivity contribution in [3.05, 3.63) is 42.7 Å². The van der Waals surface area contributed by atoms with E-state index in [1.807, 2.05) is 12.3 Å². The van der Waals surface area contributed by atoms with Crippen LogP contribution >= 0.6 is 0 Å².